The Labute approximate surface area is 311 Å². The van der Waals surface area contributed by atoms with Crippen LogP contribution in [0, 0.1) is 0 Å². The molecule has 0 unspecified atom stereocenters. The zero-order valence-corrected chi connectivity index (χ0v) is 28.2. The molecule has 1 fully saturated rings. The Morgan fingerprint density at radius 2 is 0.929 bits per heavy atom. The number of phenolic OH excluding ortho intramolecular Hbond substituents is 12. The van der Waals surface area contributed by atoms with Crippen LogP contribution >= 0.6 is 0 Å². The highest BCUT2D eigenvalue weighted by Crippen LogP contribution is 2.48. The van der Waals surface area contributed by atoms with E-state index >= 15 is 0 Å². The first-order valence-electron chi connectivity index (χ1n) is 15.7. The van der Waals surface area contributed by atoms with Crippen LogP contribution in [-0.2, 0) is 18.9 Å². The molecule has 4 aromatic carbocycles. The summed E-state index contributed by atoms with van der Waals surface area (Å²) in [4.78, 5) is 52.4. The number of aliphatic hydroxyl groups excluding tert-OH is 1. The molecular formula is C35H30O21. The Hall–Kier alpha value is -7.52. The number of aromatic hydroxyl groups is 12. The van der Waals surface area contributed by atoms with Crippen LogP contribution in [0.3, 0.4) is 0 Å². The van der Waals surface area contributed by atoms with Gasteiger partial charge in [-0.25, -0.2) is 14.4 Å². The van der Waals surface area contributed by atoms with E-state index in [2.05, 4.69) is 0 Å². The summed E-state index contributed by atoms with van der Waals surface area (Å²) in [5, 5.41) is 133. The quantitative estimate of drug-likeness (QED) is 0.0494. The lowest BCUT2D eigenvalue weighted by Gasteiger charge is -2.43. The van der Waals surface area contributed by atoms with Crippen molar-refractivity contribution < 1.29 is 105 Å². The molecule has 0 aromatic heterocycles. The maximum Gasteiger partial charge on any atom is 0.338 e. The van der Waals surface area contributed by atoms with Gasteiger partial charge in [-0.15, -0.1) is 0 Å². The van der Waals surface area contributed by atoms with E-state index in [0.717, 1.165) is 6.92 Å². The second-order valence-electron chi connectivity index (χ2n) is 12.1. The van der Waals surface area contributed by atoms with Gasteiger partial charge in [0.05, 0.1) is 22.3 Å². The van der Waals surface area contributed by atoms with Crippen LogP contribution in [0.5, 0.6) is 69.0 Å². The first-order chi connectivity index (χ1) is 26.2. The van der Waals surface area contributed by atoms with Crippen molar-refractivity contribution in [3.05, 3.63) is 70.3 Å². The highest BCUT2D eigenvalue weighted by Gasteiger charge is 2.52. The second-order valence-corrected chi connectivity index (χ2v) is 12.1. The molecule has 4 aromatic rings. The van der Waals surface area contributed by atoms with Gasteiger partial charge in [-0.1, -0.05) is 0 Å². The van der Waals surface area contributed by atoms with Gasteiger partial charge in [0.25, 0.3) is 0 Å². The van der Waals surface area contributed by atoms with Crippen LogP contribution in [0.25, 0.3) is 0 Å². The van der Waals surface area contributed by atoms with Crippen molar-refractivity contribution >= 4 is 23.7 Å². The molecule has 1 heterocycles. The number of hydrogen-bond acceptors (Lipinski definition) is 21. The van der Waals surface area contributed by atoms with Crippen LogP contribution in [-0.4, -0.2) is 121 Å². The lowest BCUT2D eigenvalue weighted by molar-refractivity contribution is -0.232. The third-order valence-electron chi connectivity index (χ3n) is 8.38. The van der Waals surface area contributed by atoms with Gasteiger partial charge in [-0.3, -0.25) is 4.79 Å². The smallest absolute Gasteiger partial charge is 0.338 e. The third kappa shape index (κ3) is 7.47. The largest absolute Gasteiger partial charge is 0.507 e. The summed E-state index contributed by atoms with van der Waals surface area (Å²) in [6, 6.07) is 4.40. The number of ether oxygens (including phenoxy) is 4. The molecule has 0 amide bonds. The highest BCUT2D eigenvalue weighted by molar-refractivity contribution is 6.00. The normalized spacial score (nSPS) is 19.1. The van der Waals surface area contributed by atoms with Crippen LogP contribution in [0.1, 0.15) is 60.0 Å². The van der Waals surface area contributed by atoms with Gasteiger partial charge in [0, 0.05) is 6.07 Å². The van der Waals surface area contributed by atoms with Crippen LogP contribution < -0.4 is 0 Å². The van der Waals surface area contributed by atoms with Crippen molar-refractivity contribution in [1.29, 1.82) is 0 Å². The van der Waals surface area contributed by atoms with E-state index in [1.807, 2.05) is 0 Å². The van der Waals surface area contributed by atoms with E-state index in [-0.39, 0.29) is 0 Å². The van der Waals surface area contributed by atoms with Gasteiger partial charge < -0.3 is 85.3 Å². The predicted octanol–water partition coefficient (Wildman–Crippen LogP) is 1.47. The monoisotopic (exact) mass is 786 g/mol. The van der Waals surface area contributed by atoms with Crippen LogP contribution in [0.15, 0.2) is 42.5 Å². The molecule has 1 aliphatic rings. The molecule has 5 rings (SSSR count). The zero-order valence-electron chi connectivity index (χ0n) is 28.2. The fourth-order valence-corrected chi connectivity index (χ4v) is 5.64. The molecule has 296 valence electrons. The van der Waals surface area contributed by atoms with Crippen molar-refractivity contribution in [3.63, 3.8) is 0 Å². The number of ketones is 1. The molecule has 0 spiro atoms. The number of carbonyl (C=O) groups excluding carboxylic acids is 4. The van der Waals surface area contributed by atoms with E-state index in [1.165, 1.54) is 0 Å². The van der Waals surface area contributed by atoms with Crippen LogP contribution in [0.4, 0.5) is 0 Å². The molecule has 13 N–H and O–H groups in total. The summed E-state index contributed by atoms with van der Waals surface area (Å²) in [6.07, 6.45) is -11.0. The zero-order chi connectivity index (χ0) is 41.5. The molecule has 0 radical (unpaired) electrons. The minimum Gasteiger partial charge on any atom is -0.507 e. The van der Waals surface area contributed by atoms with Crippen molar-refractivity contribution in [1.82, 2.24) is 0 Å². The summed E-state index contributed by atoms with van der Waals surface area (Å²) in [5.41, 5.74) is -3.63. The van der Waals surface area contributed by atoms with E-state index < -0.39 is 158 Å². The lowest BCUT2D eigenvalue weighted by Crippen LogP contribution is -2.58. The minimum absolute atomic E-state index is 0.554. The van der Waals surface area contributed by atoms with E-state index in [4.69, 9.17) is 18.9 Å². The lowest BCUT2D eigenvalue weighted by atomic mass is 9.88. The van der Waals surface area contributed by atoms with Crippen LogP contribution in [0.2, 0.25) is 0 Å². The van der Waals surface area contributed by atoms with Crippen molar-refractivity contribution in [2.45, 2.75) is 37.4 Å². The standard InChI is InChI=1S/C35H30O21/c1-10(36)23-14(37)8-15(38)24(29(23)49)30-32(56-35(52)13-6-20(43)27(47)21(44)7-13)31(55-34(51)12-4-18(41)26(46)19(42)5-12)28(48)22(54-30)9-53-33(50)11-2-16(39)25(45)17(40)3-11/h2-8,22,28,30-32,37-49H,9H2,1H3/t22-,28-,30+,31+,32+/m1/s1. The molecule has 5 atom stereocenters. The van der Waals surface area contributed by atoms with E-state index in [9.17, 15) is 85.6 Å². The highest BCUT2D eigenvalue weighted by atomic mass is 16.6. The maximum atomic E-state index is 13.5. The number of carbonyl (C=O) groups is 4. The number of hydrogen-bond donors (Lipinski definition) is 13. The summed E-state index contributed by atoms with van der Waals surface area (Å²) in [5.74, 6) is -17.6. The Morgan fingerprint density at radius 1 is 0.536 bits per heavy atom. The molecule has 0 bridgehead atoms. The van der Waals surface area contributed by atoms with Gasteiger partial charge in [0.1, 0.15) is 47.7 Å². The summed E-state index contributed by atoms with van der Waals surface area (Å²) >= 11 is 0. The molecule has 56 heavy (non-hydrogen) atoms. The fourth-order valence-electron chi connectivity index (χ4n) is 5.64. The number of benzene rings is 4. The number of phenols is 12. The summed E-state index contributed by atoms with van der Waals surface area (Å²) < 4.78 is 22.0. The van der Waals surface area contributed by atoms with Gasteiger partial charge in [0.2, 0.25) is 0 Å². The van der Waals surface area contributed by atoms with Gasteiger partial charge in [-0.05, 0) is 43.3 Å². The Balaban J connectivity index is 1.65. The number of esters is 3. The van der Waals surface area contributed by atoms with Gasteiger partial charge >= 0.3 is 17.9 Å². The van der Waals surface area contributed by atoms with Gasteiger partial charge in [0.15, 0.2) is 69.7 Å². The average molecular weight is 787 g/mol. The van der Waals surface area contributed by atoms with Crippen molar-refractivity contribution in [2.75, 3.05) is 6.61 Å². The Kier molecular flexibility index (Phi) is 10.7. The molecule has 21 heteroatoms. The molecule has 1 saturated heterocycles. The number of rotatable bonds is 9. The summed E-state index contributed by atoms with van der Waals surface area (Å²) in [7, 11) is 0. The number of aliphatic hydroxyl groups is 1. The molecular weight excluding hydrogens is 756 g/mol. The van der Waals surface area contributed by atoms with E-state index in [1.54, 1.807) is 0 Å². The molecule has 0 aliphatic carbocycles. The average Bonchev–Trinajstić information content (AvgIpc) is 3.12. The number of Topliss-reactive ketones (excluding diaryl/α,β-unsaturated/α-hetero) is 1. The SMILES string of the molecule is CC(=O)c1c(O)cc(O)c([C@@H]2O[C@H](COC(=O)c3cc(O)c(O)c(O)c3)[C@@H](O)[C@H](OC(=O)c3cc(O)c(O)c(O)c3)[C@H]2OC(=O)c2cc(O)c(O)c(O)c2)c1O. The maximum absolute atomic E-state index is 13.5. The first kappa shape index (κ1) is 39.7. The first-order valence-corrected chi connectivity index (χ1v) is 15.7. The minimum atomic E-state index is -2.29. The fraction of sp³-hybridized carbons (Fsp3) is 0.200. The van der Waals surface area contributed by atoms with Crippen molar-refractivity contribution in [3.8, 4) is 69.0 Å². The van der Waals surface area contributed by atoms with Crippen molar-refractivity contribution in [2.24, 2.45) is 0 Å². The predicted molar refractivity (Wildman–Crippen MR) is 178 cm³/mol. The third-order valence-corrected chi connectivity index (χ3v) is 8.38. The molecule has 0 saturated carbocycles. The Bertz CT molecular complexity index is 2200. The summed E-state index contributed by atoms with van der Waals surface area (Å²) in [6.45, 7) is -0.163. The topological polar surface area (TPSA) is 368 Å². The Morgan fingerprint density at radius 3 is 1.34 bits per heavy atom. The second kappa shape index (κ2) is 15.1. The molecule has 21 nitrogen and oxygen atoms in total. The van der Waals surface area contributed by atoms with E-state index in [0.29, 0.717) is 42.5 Å². The molecule has 1 aliphatic heterocycles. The van der Waals surface area contributed by atoms with Gasteiger partial charge in [-0.2, -0.15) is 0 Å².